The number of sulfone groups is 1. The molecule has 2 N–H and O–H groups in total. The zero-order chi connectivity index (χ0) is 14.3. The molecule has 5 heteroatoms. The van der Waals surface area contributed by atoms with Crippen molar-refractivity contribution in [1.29, 1.82) is 0 Å². The van der Waals surface area contributed by atoms with Gasteiger partial charge in [0.1, 0.15) is 0 Å². The number of thiol groups is 1. The Balaban J connectivity index is 2.69. The van der Waals surface area contributed by atoms with Crippen LogP contribution in [0.5, 0.6) is 0 Å². The van der Waals surface area contributed by atoms with E-state index in [1.807, 2.05) is 12.1 Å². The van der Waals surface area contributed by atoms with Crippen LogP contribution >= 0.6 is 12.6 Å². The average molecular weight is 301 g/mol. The Labute approximate surface area is 121 Å². The quantitative estimate of drug-likeness (QED) is 0.573. The normalized spacial score (nSPS) is 13.4. The molecule has 1 aromatic carbocycles. The Bertz CT molecular complexity index is 469. The number of nitrogens with two attached hydrogens (primary N) is 1. The van der Waals surface area contributed by atoms with Crippen LogP contribution in [0.25, 0.3) is 0 Å². The lowest BCUT2D eigenvalue weighted by Crippen LogP contribution is -2.31. The van der Waals surface area contributed by atoms with Gasteiger partial charge in [0, 0.05) is 11.8 Å². The first-order valence-corrected chi connectivity index (χ1v) is 8.96. The van der Waals surface area contributed by atoms with Gasteiger partial charge in [-0.25, -0.2) is 8.42 Å². The molecule has 0 heterocycles. The fourth-order valence-electron chi connectivity index (χ4n) is 1.87. The number of benzene rings is 1. The van der Waals surface area contributed by atoms with E-state index in [1.54, 1.807) is 12.1 Å². The average Bonchev–Trinajstić information content (AvgIpc) is 2.39. The second-order valence-electron chi connectivity index (χ2n) is 4.83. The predicted molar refractivity (Wildman–Crippen MR) is 83.6 cm³/mol. The number of aryl methyl sites for hydroxylation is 1. The first-order chi connectivity index (χ1) is 8.99. The smallest absolute Gasteiger partial charge is 0.179 e. The van der Waals surface area contributed by atoms with Gasteiger partial charge < -0.3 is 5.73 Å². The maximum atomic E-state index is 12.1. The van der Waals surface area contributed by atoms with Crippen molar-refractivity contribution in [2.45, 2.75) is 43.5 Å². The Hall–Kier alpha value is -0.520. The number of hydrogen-bond donors (Lipinski definition) is 2. The van der Waals surface area contributed by atoms with Gasteiger partial charge in [0.25, 0.3) is 0 Å². The second-order valence-corrected chi connectivity index (χ2v) is 7.22. The summed E-state index contributed by atoms with van der Waals surface area (Å²) in [5.74, 6) is 0.319. The molecular weight excluding hydrogens is 278 g/mol. The first kappa shape index (κ1) is 16.5. The zero-order valence-electron chi connectivity index (χ0n) is 11.4. The van der Waals surface area contributed by atoms with Crippen LogP contribution in [-0.2, 0) is 16.3 Å². The van der Waals surface area contributed by atoms with Crippen molar-refractivity contribution < 1.29 is 8.42 Å². The van der Waals surface area contributed by atoms with Crippen LogP contribution < -0.4 is 5.73 Å². The van der Waals surface area contributed by atoms with Crippen LogP contribution in [0.3, 0.4) is 0 Å². The molecule has 0 amide bonds. The van der Waals surface area contributed by atoms with Gasteiger partial charge >= 0.3 is 0 Å². The minimum Gasteiger partial charge on any atom is -0.326 e. The summed E-state index contributed by atoms with van der Waals surface area (Å²) < 4.78 is 24.1. The topological polar surface area (TPSA) is 60.2 Å². The minimum atomic E-state index is -3.29. The van der Waals surface area contributed by atoms with E-state index < -0.39 is 15.9 Å². The van der Waals surface area contributed by atoms with Crippen molar-refractivity contribution in [3.05, 3.63) is 29.8 Å². The summed E-state index contributed by atoms with van der Waals surface area (Å²) in [6, 6.07) is 6.74. The Morgan fingerprint density at radius 1 is 1.21 bits per heavy atom. The van der Waals surface area contributed by atoms with E-state index in [4.69, 9.17) is 5.73 Å². The van der Waals surface area contributed by atoms with Gasteiger partial charge in [-0.1, -0.05) is 31.9 Å². The molecule has 0 saturated heterocycles. The van der Waals surface area contributed by atoms with Crippen molar-refractivity contribution in [1.82, 2.24) is 0 Å². The molecule has 0 fully saturated rings. The molecule has 3 nitrogen and oxygen atoms in total. The molecule has 19 heavy (non-hydrogen) atoms. The maximum absolute atomic E-state index is 12.1. The lowest BCUT2D eigenvalue weighted by molar-refractivity contribution is 0.590. The SMILES string of the molecule is CCCCCc1ccc(S(=O)(=O)CC(N)CS)cc1. The fourth-order valence-corrected chi connectivity index (χ4v) is 3.60. The van der Waals surface area contributed by atoms with Gasteiger partial charge in [-0.15, -0.1) is 0 Å². The summed E-state index contributed by atoms with van der Waals surface area (Å²) in [7, 11) is -3.29. The summed E-state index contributed by atoms with van der Waals surface area (Å²) in [5.41, 5.74) is 6.84. The monoisotopic (exact) mass is 301 g/mol. The van der Waals surface area contributed by atoms with Gasteiger partial charge in [0.15, 0.2) is 9.84 Å². The molecule has 0 radical (unpaired) electrons. The van der Waals surface area contributed by atoms with E-state index in [2.05, 4.69) is 19.6 Å². The molecule has 0 aliphatic rings. The third-order valence-corrected chi connectivity index (χ3v) is 5.35. The van der Waals surface area contributed by atoms with Gasteiger partial charge in [-0.05, 0) is 30.5 Å². The third kappa shape index (κ3) is 5.55. The summed E-state index contributed by atoms with van der Waals surface area (Å²) in [5, 5.41) is 0. The van der Waals surface area contributed by atoms with Crippen molar-refractivity contribution in [2.24, 2.45) is 5.73 Å². The largest absolute Gasteiger partial charge is 0.326 e. The number of unbranched alkanes of at least 4 members (excludes halogenated alkanes) is 2. The van der Waals surface area contributed by atoms with Crippen LogP contribution in [0.4, 0.5) is 0 Å². The molecule has 1 rings (SSSR count). The standard InChI is InChI=1S/C14H23NO2S2/c1-2-3-4-5-12-6-8-14(9-7-12)19(16,17)11-13(15)10-18/h6-9,13,18H,2-5,10-11,15H2,1H3. The number of hydrogen-bond acceptors (Lipinski definition) is 4. The highest BCUT2D eigenvalue weighted by Crippen LogP contribution is 2.15. The maximum Gasteiger partial charge on any atom is 0.179 e. The Kier molecular flexibility index (Phi) is 6.89. The van der Waals surface area contributed by atoms with Crippen LogP contribution in [0, 0.1) is 0 Å². The minimum absolute atomic E-state index is 0.0499. The van der Waals surface area contributed by atoms with Gasteiger partial charge in [0.2, 0.25) is 0 Å². The first-order valence-electron chi connectivity index (χ1n) is 6.67. The molecule has 0 aliphatic heterocycles. The van der Waals surface area contributed by atoms with Crippen molar-refractivity contribution in [2.75, 3.05) is 11.5 Å². The molecule has 0 bridgehead atoms. The molecule has 1 atom stereocenters. The summed E-state index contributed by atoms with van der Waals surface area (Å²) >= 11 is 4.01. The van der Waals surface area contributed by atoms with Gasteiger partial charge in [-0.3, -0.25) is 0 Å². The highest BCUT2D eigenvalue weighted by atomic mass is 32.2. The Morgan fingerprint density at radius 2 is 1.84 bits per heavy atom. The lowest BCUT2D eigenvalue weighted by atomic mass is 10.1. The van der Waals surface area contributed by atoms with E-state index >= 15 is 0 Å². The molecule has 108 valence electrons. The second kappa shape index (κ2) is 7.92. The third-order valence-electron chi connectivity index (χ3n) is 3.02. The van der Waals surface area contributed by atoms with E-state index in [1.165, 1.54) is 18.4 Å². The molecule has 1 aromatic rings. The molecular formula is C14H23NO2S2. The van der Waals surface area contributed by atoms with Crippen molar-refractivity contribution >= 4 is 22.5 Å². The van der Waals surface area contributed by atoms with Crippen LogP contribution in [0.1, 0.15) is 31.7 Å². The fraction of sp³-hybridized carbons (Fsp3) is 0.571. The lowest BCUT2D eigenvalue weighted by Gasteiger charge is -2.10. The van der Waals surface area contributed by atoms with Crippen LogP contribution in [0.2, 0.25) is 0 Å². The van der Waals surface area contributed by atoms with E-state index in [0.717, 1.165) is 12.8 Å². The zero-order valence-corrected chi connectivity index (χ0v) is 13.1. The molecule has 0 aromatic heterocycles. The van der Waals surface area contributed by atoms with Crippen LogP contribution in [-0.4, -0.2) is 26.0 Å². The van der Waals surface area contributed by atoms with Crippen molar-refractivity contribution in [3.8, 4) is 0 Å². The molecule has 0 aliphatic carbocycles. The summed E-state index contributed by atoms with van der Waals surface area (Å²) in [6.07, 6.45) is 4.54. The molecule has 1 unspecified atom stereocenters. The molecule has 0 spiro atoms. The van der Waals surface area contributed by atoms with Crippen molar-refractivity contribution in [3.63, 3.8) is 0 Å². The van der Waals surface area contributed by atoms with E-state index in [0.29, 0.717) is 10.6 Å². The van der Waals surface area contributed by atoms with E-state index in [9.17, 15) is 8.42 Å². The van der Waals surface area contributed by atoms with Crippen LogP contribution in [0.15, 0.2) is 29.2 Å². The van der Waals surface area contributed by atoms with Gasteiger partial charge in [-0.2, -0.15) is 12.6 Å². The highest BCUT2D eigenvalue weighted by molar-refractivity contribution is 7.91. The van der Waals surface area contributed by atoms with E-state index in [-0.39, 0.29) is 5.75 Å². The number of rotatable bonds is 8. The van der Waals surface area contributed by atoms with Gasteiger partial charge in [0.05, 0.1) is 10.6 Å². The Morgan fingerprint density at radius 3 is 2.37 bits per heavy atom. The summed E-state index contributed by atoms with van der Waals surface area (Å²) in [6.45, 7) is 2.17. The molecule has 0 saturated carbocycles. The summed E-state index contributed by atoms with van der Waals surface area (Å²) in [4.78, 5) is 0.351. The predicted octanol–water partition coefficient (Wildman–Crippen LogP) is 2.45. The highest BCUT2D eigenvalue weighted by Gasteiger charge is 2.17.